The van der Waals surface area contributed by atoms with Crippen LogP contribution in [0.4, 0.5) is 0 Å². The van der Waals surface area contributed by atoms with Gasteiger partial charge in [-0.1, -0.05) is 6.92 Å². The number of furan rings is 1. The van der Waals surface area contributed by atoms with Crippen molar-refractivity contribution in [1.82, 2.24) is 4.90 Å². The summed E-state index contributed by atoms with van der Waals surface area (Å²) in [6.07, 6.45) is 1.24. The molecular weight excluding hydrogens is 258 g/mol. The van der Waals surface area contributed by atoms with E-state index in [1.54, 1.807) is 17.0 Å². The number of rotatable bonds is 3. The molecule has 1 fully saturated rings. The molecule has 4 heteroatoms. The summed E-state index contributed by atoms with van der Waals surface area (Å²) in [7, 11) is 1.82. The number of hydrogen-bond donors (Lipinski definition) is 0. The summed E-state index contributed by atoms with van der Waals surface area (Å²) in [6, 6.07) is 3.43. The molecule has 1 aromatic heterocycles. The fourth-order valence-corrected chi connectivity index (χ4v) is 2.01. The molecule has 15 heavy (non-hydrogen) atoms. The van der Waals surface area contributed by atoms with Crippen molar-refractivity contribution in [2.45, 2.75) is 13.3 Å². The third kappa shape index (κ3) is 2.43. The normalized spacial score (nSPS) is 23.9. The Kier molecular flexibility index (Phi) is 2.87. The fraction of sp³-hybridized carbons (Fsp3) is 0.545. The molecule has 0 N–H and O–H groups in total. The van der Waals surface area contributed by atoms with Gasteiger partial charge in [-0.3, -0.25) is 4.79 Å². The highest BCUT2D eigenvalue weighted by molar-refractivity contribution is 9.10. The van der Waals surface area contributed by atoms with E-state index in [1.807, 2.05) is 7.05 Å². The molecule has 1 aliphatic carbocycles. The molecule has 3 nitrogen and oxygen atoms in total. The Hall–Kier alpha value is -0.770. The quantitative estimate of drug-likeness (QED) is 0.847. The molecular formula is C11H14BrNO2. The lowest BCUT2D eigenvalue weighted by molar-refractivity contribution is 0.0754. The zero-order valence-electron chi connectivity index (χ0n) is 8.87. The monoisotopic (exact) mass is 271 g/mol. The third-order valence-corrected chi connectivity index (χ3v) is 3.34. The van der Waals surface area contributed by atoms with E-state index in [0.717, 1.165) is 12.5 Å². The minimum absolute atomic E-state index is 0.0419. The van der Waals surface area contributed by atoms with Crippen LogP contribution >= 0.6 is 15.9 Å². The topological polar surface area (TPSA) is 33.5 Å². The summed E-state index contributed by atoms with van der Waals surface area (Å²) in [5.41, 5.74) is 0. The first-order valence-corrected chi connectivity index (χ1v) is 5.88. The van der Waals surface area contributed by atoms with E-state index < -0.39 is 0 Å². The first-order valence-electron chi connectivity index (χ1n) is 5.08. The Morgan fingerprint density at radius 2 is 2.33 bits per heavy atom. The molecule has 1 saturated carbocycles. The van der Waals surface area contributed by atoms with Crippen molar-refractivity contribution in [3.63, 3.8) is 0 Å². The summed E-state index contributed by atoms with van der Waals surface area (Å²) < 4.78 is 5.82. The predicted octanol–water partition coefficient (Wildman–Crippen LogP) is 2.77. The minimum atomic E-state index is -0.0419. The smallest absolute Gasteiger partial charge is 0.289 e. The lowest BCUT2D eigenvalue weighted by atomic mass is 10.3. The van der Waals surface area contributed by atoms with Gasteiger partial charge in [0.15, 0.2) is 10.4 Å². The molecule has 1 heterocycles. The predicted molar refractivity (Wildman–Crippen MR) is 60.6 cm³/mol. The van der Waals surface area contributed by atoms with E-state index in [2.05, 4.69) is 22.9 Å². The van der Waals surface area contributed by atoms with Crippen LogP contribution in [0.5, 0.6) is 0 Å². The highest BCUT2D eigenvalue weighted by atomic mass is 79.9. The van der Waals surface area contributed by atoms with Crippen LogP contribution in [-0.2, 0) is 0 Å². The Bertz CT molecular complexity index is 374. The zero-order valence-corrected chi connectivity index (χ0v) is 10.5. The number of carbonyl (C=O) groups excluding carboxylic acids is 1. The van der Waals surface area contributed by atoms with Gasteiger partial charge in [0.05, 0.1) is 0 Å². The third-order valence-electron chi connectivity index (χ3n) is 2.92. The molecule has 0 bridgehead atoms. The van der Waals surface area contributed by atoms with Crippen molar-refractivity contribution in [2.24, 2.45) is 11.8 Å². The maximum atomic E-state index is 11.8. The second-order valence-electron chi connectivity index (χ2n) is 4.26. The Labute approximate surface area is 97.6 Å². The van der Waals surface area contributed by atoms with E-state index in [-0.39, 0.29) is 5.91 Å². The lowest BCUT2D eigenvalue weighted by Crippen LogP contribution is -2.28. The first kappa shape index (κ1) is 10.7. The molecule has 0 radical (unpaired) electrons. The van der Waals surface area contributed by atoms with Gasteiger partial charge in [-0.05, 0) is 46.3 Å². The molecule has 1 aromatic rings. The van der Waals surface area contributed by atoms with Crippen LogP contribution < -0.4 is 0 Å². The second kappa shape index (κ2) is 4.00. The van der Waals surface area contributed by atoms with Crippen LogP contribution in [0.2, 0.25) is 0 Å². The Morgan fingerprint density at radius 3 is 2.80 bits per heavy atom. The van der Waals surface area contributed by atoms with Gasteiger partial charge >= 0.3 is 0 Å². The van der Waals surface area contributed by atoms with Crippen LogP contribution in [0.3, 0.4) is 0 Å². The van der Waals surface area contributed by atoms with E-state index in [9.17, 15) is 4.79 Å². The number of halogens is 1. The SMILES string of the molecule is CC1CC1CN(C)C(=O)c1ccc(Br)o1. The van der Waals surface area contributed by atoms with Gasteiger partial charge in [0.25, 0.3) is 5.91 Å². The molecule has 0 aromatic carbocycles. The van der Waals surface area contributed by atoms with Gasteiger partial charge < -0.3 is 9.32 Å². The molecule has 1 amide bonds. The highest BCUT2D eigenvalue weighted by Gasteiger charge is 2.34. The second-order valence-corrected chi connectivity index (χ2v) is 5.04. The molecule has 2 unspecified atom stereocenters. The van der Waals surface area contributed by atoms with Gasteiger partial charge in [-0.25, -0.2) is 0 Å². The fourth-order valence-electron chi connectivity index (χ4n) is 1.71. The van der Waals surface area contributed by atoms with Crippen molar-refractivity contribution in [2.75, 3.05) is 13.6 Å². The van der Waals surface area contributed by atoms with Gasteiger partial charge in [0.1, 0.15) is 0 Å². The molecule has 0 saturated heterocycles. The Balaban J connectivity index is 1.95. The standard InChI is InChI=1S/C11H14BrNO2/c1-7-5-8(7)6-13(2)11(14)9-3-4-10(12)15-9/h3-4,7-8H,5-6H2,1-2H3. The number of carbonyl (C=O) groups is 1. The maximum Gasteiger partial charge on any atom is 0.289 e. The Morgan fingerprint density at radius 1 is 1.67 bits per heavy atom. The number of amides is 1. The highest BCUT2D eigenvalue weighted by Crippen LogP contribution is 2.38. The van der Waals surface area contributed by atoms with E-state index in [4.69, 9.17) is 4.42 Å². The molecule has 2 atom stereocenters. The number of hydrogen-bond acceptors (Lipinski definition) is 2. The van der Waals surface area contributed by atoms with Crippen molar-refractivity contribution in [3.8, 4) is 0 Å². The summed E-state index contributed by atoms with van der Waals surface area (Å²) in [5.74, 6) is 1.80. The summed E-state index contributed by atoms with van der Waals surface area (Å²) in [4.78, 5) is 13.6. The van der Waals surface area contributed by atoms with Crippen molar-refractivity contribution in [1.29, 1.82) is 0 Å². The average Bonchev–Trinajstić information content (AvgIpc) is 2.71. The zero-order chi connectivity index (χ0) is 11.0. The van der Waals surface area contributed by atoms with E-state index in [0.29, 0.717) is 16.3 Å². The minimum Gasteiger partial charge on any atom is -0.444 e. The van der Waals surface area contributed by atoms with Gasteiger partial charge in [-0.15, -0.1) is 0 Å². The summed E-state index contributed by atoms with van der Waals surface area (Å²) >= 11 is 3.18. The first-order chi connectivity index (χ1) is 7.08. The molecule has 82 valence electrons. The van der Waals surface area contributed by atoms with E-state index in [1.165, 1.54) is 6.42 Å². The molecule has 0 aliphatic heterocycles. The van der Waals surface area contributed by atoms with Crippen LogP contribution in [0.25, 0.3) is 0 Å². The van der Waals surface area contributed by atoms with Crippen molar-refractivity contribution < 1.29 is 9.21 Å². The summed E-state index contributed by atoms with van der Waals surface area (Å²) in [6.45, 7) is 3.05. The maximum absolute atomic E-state index is 11.8. The lowest BCUT2D eigenvalue weighted by Gasteiger charge is -2.15. The molecule has 1 aliphatic rings. The van der Waals surface area contributed by atoms with Gasteiger partial charge in [0, 0.05) is 13.6 Å². The number of nitrogens with zero attached hydrogens (tertiary/aromatic N) is 1. The van der Waals surface area contributed by atoms with Crippen LogP contribution in [0.15, 0.2) is 21.2 Å². The van der Waals surface area contributed by atoms with Gasteiger partial charge in [0.2, 0.25) is 0 Å². The molecule has 2 rings (SSSR count). The van der Waals surface area contributed by atoms with E-state index >= 15 is 0 Å². The van der Waals surface area contributed by atoms with Crippen LogP contribution in [-0.4, -0.2) is 24.4 Å². The van der Waals surface area contributed by atoms with Crippen molar-refractivity contribution in [3.05, 3.63) is 22.6 Å². The summed E-state index contributed by atoms with van der Waals surface area (Å²) in [5, 5.41) is 0. The van der Waals surface area contributed by atoms with Crippen molar-refractivity contribution >= 4 is 21.8 Å². The molecule has 0 spiro atoms. The van der Waals surface area contributed by atoms with Crippen LogP contribution in [0, 0.1) is 11.8 Å². The average molecular weight is 272 g/mol. The van der Waals surface area contributed by atoms with Gasteiger partial charge in [-0.2, -0.15) is 0 Å². The largest absolute Gasteiger partial charge is 0.444 e. The van der Waals surface area contributed by atoms with Crippen LogP contribution in [0.1, 0.15) is 23.9 Å².